The molecule has 0 bridgehead atoms. The van der Waals surface area contributed by atoms with Gasteiger partial charge in [0.25, 0.3) is 0 Å². The Morgan fingerprint density at radius 1 is 1.29 bits per heavy atom. The highest BCUT2D eigenvalue weighted by molar-refractivity contribution is 7.19. The second-order valence-corrected chi connectivity index (χ2v) is 7.93. The number of amides is 1. The van der Waals surface area contributed by atoms with Gasteiger partial charge in [-0.1, -0.05) is 35.1 Å². The highest BCUT2D eigenvalue weighted by Gasteiger charge is 2.30. The Morgan fingerprint density at radius 2 is 2.14 bits per heavy atom. The Kier molecular flexibility index (Phi) is 4.07. The minimum atomic E-state index is -0.134. The number of para-hydroxylation sites is 1. The molecule has 6 nitrogen and oxygen atoms in total. The van der Waals surface area contributed by atoms with Crippen LogP contribution < -0.4 is 5.32 Å². The van der Waals surface area contributed by atoms with Crippen LogP contribution in [0.25, 0.3) is 27.5 Å². The molecule has 0 radical (unpaired) electrons. The SMILES string of the molecule is CC(=O)Nc1nc2c(s1)-c1c(c(-c3ccoc3)nn1-c1ccccc1Cl)CC2. The molecule has 0 spiro atoms. The number of thiazole rings is 1. The molecule has 3 heterocycles. The fraction of sp³-hybridized carbons (Fsp3) is 0.150. The highest BCUT2D eigenvalue weighted by atomic mass is 35.5. The lowest BCUT2D eigenvalue weighted by Crippen LogP contribution is -2.07. The number of fused-ring (bicyclic) bond motifs is 3. The summed E-state index contributed by atoms with van der Waals surface area (Å²) in [5.41, 5.74) is 5.68. The van der Waals surface area contributed by atoms with Gasteiger partial charge in [0.05, 0.1) is 45.2 Å². The van der Waals surface area contributed by atoms with Crippen molar-refractivity contribution in [3.8, 4) is 27.5 Å². The second-order valence-electron chi connectivity index (χ2n) is 6.53. The van der Waals surface area contributed by atoms with Gasteiger partial charge in [-0.15, -0.1) is 0 Å². The molecule has 8 heteroatoms. The monoisotopic (exact) mass is 410 g/mol. The van der Waals surface area contributed by atoms with E-state index in [1.54, 1.807) is 12.5 Å². The first kappa shape index (κ1) is 17.2. The number of nitrogens with one attached hydrogen (secondary N) is 1. The molecule has 0 saturated heterocycles. The van der Waals surface area contributed by atoms with Gasteiger partial charge in [-0.05, 0) is 31.0 Å². The van der Waals surface area contributed by atoms with Crippen molar-refractivity contribution in [2.24, 2.45) is 0 Å². The number of aryl methyl sites for hydroxylation is 1. The first-order valence-corrected chi connectivity index (χ1v) is 9.98. The molecular weight excluding hydrogens is 396 g/mol. The zero-order valence-corrected chi connectivity index (χ0v) is 16.5. The van der Waals surface area contributed by atoms with Gasteiger partial charge in [-0.2, -0.15) is 5.10 Å². The summed E-state index contributed by atoms with van der Waals surface area (Å²) in [6.45, 7) is 1.48. The van der Waals surface area contributed by atoms with E-state index < -0.39 is 0 Å². The van der Waals surface area contributed by atoms with E-state index >= 15 is 0 Å². The fourth-order valence-corrected chi connectivity index (χ4v) is 4.83. The fourth-order valence-electron chi connectivity index (χ4n) is 3.50. The van der Waals surface area contributed by atoms with Crippen molar-refractivity contribution in [2.45, 2.75) is 19.8 Å². The summed E-state index contributed by atoms with van der Waals surface area (Å²) in [6.07, 6.45) is 4.94. The molecule has 0 unspecified atom stereocenters. The summed E-state index contributed by atoms with van der Waals surface area (Å²) in [4.78, 5) is 17.1. The van der Waals surface area contributed by atoms with Crippen molar-refractivity contribution in [1.29, 1.82) is 0 Å². The van der Waals surface area contributed by atoms with Crippen LogP contribution in [0.1, 0.15) is 18.2 Å². The lowest BCUT2D eigenvalue weighted by atomic mass is 9.96. The van der Waals surface area contributed by atoms with Crippen molar-refractivity contribution in [2.75, 3.05) is 5.32 Å². The molecule has 1 aliphatic rings. The zero-order valence-electron chi connectivity index (χ0n) is 14.9. The number of anilines is 1. The average molecular weight is 411 g/mol. The molecule has 0 aliphatic heterocycles. The predicted molar refractivity (Wildman–Crippen MR) is 109 cm³/mol. The van der Waals surface area contributed by atoms with Crippen molar-refractivity contribution >= 4 is 34.0 Å². The maximum Gasteiger partial charge on any atom is 0.223 e. The highest BCUT2D eigenvalue weighted by Crippen LogP contribution is 2.44. The van der Waals surface area contributed by atoms with E-state index in [1.165, 1.54) is 18.3 Å². The number of rotatable bonds is 3. The number of hydrogen-bond acceptors (Lipinski definition) is 5. The first-order valence-electron chi connectivity index (χ1n) is 8.79. The van der Waals surface area contributed by atoms with Crippen LogP contribution in [0.3, 0.4) is 0 Å². The molecule has 0 atom stereocenters. The van der Waals surface area contributed by atoms with E-state index in [2.05, 4.69) is 10.3 Å². The predicted octanol–water partition coefficient (Wildman–Crippen LogP) is 4.97. The summed E-state index contributed by atoms with van der Waals surface area (Å²) in [6, 6.07) is 9.53. The Bertz CT molecular complexity index is 1190. The number of hydrogen-bond donors (Lipinski definition) is 1. The summed E-state index contributed by atoms with van der Waals surface area (Å²) in [5, 5.41) is 8.91. The normalized spacial score (nSPS) is 12.5. The van der Waals surface area contributed by atoms with Gasteiger partial charge in [0, 0.05) is 18.1 Å². The molecule has 1 N–H and O–H groups in total. The molecule has 1 amide bonds. The molecule has 1 aliphatic carbocycles. The molecule has 0 fully saturated rings. The molecule has 5 rings (SSSR count). The van der Waals surface area contributed by atoms with Crippen LogP contribution in [0, 0.1) is 0 Å². The molecule has 1 aromatic carbocycles. The smallest absolute Gasteiger partial charge is 0.223 e. The topological polar surface area (TPSA) is 73.0 Å². The number of benzene rings is 1. The van der Waals surface area contributed by atoms with E-state index in [9.17, 15) is 4.79 Å². The van der Waals surface area contributed by atoms with Crippen molar-refractivity contribution in [3.05, 3.63) is 59.1 Å². The first-order chi connectivity index (χ1) is 13.6. The Morgan fingerprint density at radius 3 is 2.89 bits per heavy atom. The number of nitrogens with zero attached hydrogens (tertiary/aromatic N) is 3. The van der Waals surface area contributed by atoms with Crippen molar-refractivity contribution < 1.29 is 9.21 Å². The molecule has 140 valence electrons. The van der Waals surface area contributed by atoms with E-state index in [-0.39, 0.29) is 5.91 Å². The van der Waals surface area contributed by atoms with Gasteiger partial charge in [0.1, 0.15) is 0 Å². The largest absolute Gasteiger partial charge is 0.472 e. The third-order valence-electron chi connectivity index (χ3n) is 4.67. The van der Waals surface area contributed by atoms with Gasteiger partial charge in [-0.25, -0.2) is 9.67 Å². The summed E-state index contributed by atoms with van der Waals surface area (Å²) >= 11 is 7.95. The standard InChI is InChI=1S/C20H15ClN4O2S/c1-11(26)22-20-23-15-7-6-13-17(12-8-9-27-10-12)24-25(18(13)19(15)28-20)16-5-3-2-4-14(16)21/h2-5,8-10H,6-7H2,1H3,(H,22,23,26). The molecule has 3 aromatic heterocycles. The van der Waals surface area contributed by atoms with E-state index in [0.717, 1.165) is 51.6 Å². The average Bonchev–Trinajstić information content (AvgIpc) is 3.38. The van der Waals surface area contributed by atoms with Crippen LogP contribution in [-0.2, 0) is 17.6 Å². The van der Waals surface area contributed by atoms with Crippen LogP contribution in [0.15, 0.2) is 47.3 Å². The number of furan rings is 1. The van der Waals surface area contributed by atoms with Crippen LogP contribution >= 0.6 is 22.9 Å². The lowest BCUT2D eigenvalue weighted by molar-refractivity contribution is -0.114. The maximum absolute atomic E-state index is 11.5. The van der Waals surface area contributed by atoms with Gasteiger partial charge in [-0.3, -0.25) is 4.79 Å². The molecule has 28 heavy (non-hydrogen) atoms. The van der Waals surface area contributed by atoms with E-state index in [4.69, 9.17) is 21.1 Å². The maximum atomic E-state index is 11.5. The minimum absolute atomic E-state index is 0.134. The quantitative estimate of drug-likeness (QED) is 0.517. The third kappa shape index (κ3) is 2.75. The Labute approximate surface area is 169 Å². The Balaban J connectivity index is 1.77. The zero-order chi connectivity index (χ0) is 19.3. The molecule has 0 saturated carbocycles. The second kappa shape index (κ2) is 6.61. The van der Waals surface area contributed by atoms with Gasteiger partial charge in [0.15, 0.2) is 5.13 Å². The Hall–Kier alpha value is -2.90. The van der Waals surface area contributed by atoms with Gasteiger partial charge in [0.2, 0.25) is 5.91 Å². The van der Waals surface area contributed by atoms with E-state index in [1.807, 2.05) is 35.0 Å². The number of aromatic nitrogens is 3. The van der Waals surface area contributed by atoms with Crippen LogP contribution in [0.2, 0.25) is 5.02 Å². The van der Waals surface area contributed by atoms with E-state index in [0.29, 0.717) is 10.2 Å². The van der Waals surface area contributed by atoms with Crippen LogP contribution in [0.4, 0.5) is 5.13 Å². The third-order valence-corrected chi connectivity index (χ3v) is 6.01. The van der Waals surface area contributed by atoms with Crippen LogP contribution in [0.5, 0.6) is 0 Å². The molecular formula is C20H15ClN4O2S. The summed E-state index contributed by atoms with van der Waals surface area (Å²) < 4.78 is 7.17. The van der Waals surface area contributed by atoms with Gasteiger partial charge < -0.3 is 9.73 Å². The van der Waals surface area contributed by atoms with Crippen molar-refractivity contribution in [3.63, 3.8) is 0 Å². The number of carbonyl (C=O) groups is 1. The molecule has 4 aromatic rings. The van der Waals surface area contributed by atoms with Gasteiger partial charge >= 0.3 is 0 Å². The number of halogens is 1. The van der Waals surface area contributed by atoms with Crippen LogP contribution in [-0.4, -0.2) is 20.7 Å². The van der Waals surface area contributed by atoms with Crippen molar-refractivity contribution in [1.82, 2.24) is 14.8 Å². The lowest BCUT2D eigenvalue weighted by Gasteiger charge is -2.14. The summed E-state index contributed by atoms with van der Waals surface area (Å²) in [7, 11) is 0. The summed E-state index contributed by atoms with van der Waals surface area (Å²) in [5.74, 6) is -0.134. The number of carbonyl (C=O) groups excluding carboxylic acids is 1. The minimum Gasteiger partial charge on any atom is -0.472 e.